The van der Waals surface area contributed by atoms with E-state index in [2.05, 4.69) is 25.5 Å². The first kappa shape index (κ1) is 24.3. The highest BCUT2D eigenvalue weighted by Gasteiger charge is 2.14. The van der Waals surface area contributed by atoms with Crippen LogP contribution in [0.2, 0.25) is 0 Å². The SMILES string of the molecule is N#Cc1ncc2nc1OC/C=C\COc1ccc(OCCCCN3CCOCC3)cc1NC(=O)N2. The third-order valence-corrected chi connectivity index (χ3v) is 5.35. The minimum atomic E-state index is -0.546. The van der Waals surface area contributed by atoms with Crippen LogP contribution < -0.4 is 24.8 Å². The number of carbonyl (C=O) groups excluding carboxylic acids is 1. The van der Waals surface area contributed by atoms with Crippen LogP contribution in [-0.4, -0.2) is 73.6 Å². The number of nitrogens with zero attached hydrogens (tertiary/aromatic N) is 4. The van der Waals surface area contributed by atoms with Gasteiger partial charge in [0.15, 0.2) is 5.82 Å². The van der Waals surface area contributed by atoms with E-state index in [1.807, 2.05) is 12.1 Å². The third kappa shape index (κ3) is 7.30. The van der Waals surface area contributed by atoms with Crippen LogP contribution in [0, 0.1) is 11.3 Å². The number of urea groups is 1. The second-order valence-electron chi connectivity index (χ2n) is 7.86. The molecule has 0 unspecified atom stereocenters. The highest BCUT2D eigenvalue weighted by atomic mass is 16.5. The Balaban J connectivity index is 1.38. The number of benzene rings is 1. The highest BCUT2D eigenvalue weighted by Crippen LogP contribution is 2.30. The van der Waals surface area contributed by atoms with Gasteiger partial charge in [-0.1, -0.05) is 0 Å². The number of nitriles is 1. The van der Waals surface area contributed by atoms with Crippen LogP contribution >= 0.6 is 0 Å². The quantitative estimate of drug-likeness (QED) is 0.473. The van der Waals surface area contributed by atoms with Crippen molar-refractivity contribution in [3.8, 4) is 23.4 Å². The van der Waals surface area contributed by atoms with E-state index < -0.39 is 6.03 Å². The number of ether oxygens (including phenoxy) is 4. The second-order valence-corrected chi connectivity index (χ2v) is 7.86. The van der Waals surface area contributed by atoms with Gasteiger partial charge in [-0.25, -0.2) is 9.78 Å². The Labute approximate surface area is 203 Å². The molecule has 184 valence electrons. The van der Waals surface area contributed by atoms with Crippen LogP contribution in [0.25, 0.3) is 0 Å². The number of amides is 2. The molecule has 1 saturated heterocycles. The van der Waals surface area contributed by atoms with Crippen LogP contribution in [0.1, 0.15) is 18.5 Å². The lowest BCUT2D eigenvalue weighted by Crippen LogP contribution is -2.36. The maximum atomic E-state index is 12.6. The molecular formula is C24H28N6O5. The van der Waals surface area contributed by atoms with E-state index in [1.54, 1.807) is 24.3 Å². The molecule has 2 aliphatic heterocycles. The Kier molecular flexibility index (Phi) is 8.69. The Morgan fingerprint density at radius 2 is 1.94 bits per heavy atom. The number of aromatic nitrogens is 2. The fourth-order valence-corrected chi connectivity index (χ4v) is 3.56. The predicted octanol–water partition coefficient (Wildman–Crippen LogP) is 2.81. The molecule has 11 heteroatoms. The fourth-order valence-electron chi connectivity index (χ4n) is 3.56. The zero-order valence-corrected chi connectivity index (χ0v) is 19.4. The molecule has 35 heavy (non-hydrogen) atoms. The molecule has 2 aromatic rings. The van der Waals surface area contributed by atoms with E-state index in [4.69, 9.17) is 18.9 Å². The van der Waals surface area contributed by atoms with Crippen molar-refractivity contribution >= 4 is 17.5 Å². The van der Waals surface area contributed by atoms with Crippen molar-refractivity contribution in [1.29, 1.82) is 5.26 Å². The highest BCUT2D eigenvalue weighted by molar-refractivity contribution is 6.00. The van der Waals surface area contributed by atoms with E-state index in [-0.39, 0.29) is 30.6 Å². The average molecular weight is 481 g/mol. The molecule has 2 bridgehead atoms. The molecule has 2 aliphatic rings. The van der Waals surface area contributed by atoms with E-state index >= 15 is 0 Å². The van der Waals surface area contributed by atoms with Gasteiger partial charge >= 0.3 is 6.03 Å². The standard InChI is InChI=1S/C24H28N6O5/c25-16-20-23-28-22(17-26-20)29-24(31)27-19-15-18(5-6-21(19)34-11-3-4-12-35-23)33-10-2-1-7-30-8-13-32-14-9-30/h3-6,15,17H,1-2,7-14H2,(H2,27,28,29,31)/b4-3-. The fraction of sp³-hybridized carbons (Fsp3) is 0.417. The van der Waals surface area contributed by atoms with Crippen molar-refractivity contribution in [2.75, 3.05) is 63.3 Å². The molecule has 4 rings (SSSR count). The monoisotopic (exact) mass is 480 g/mol. The van der Waals surface area contributed by atoms with Gasteiger partial charge in [-0.15, -0.1) is 0 Å². The van der Waals surface area contributed by atoms with Crippen LogP contribution in [0.15, 0.2) is 36.5 Å². The Bertz CT molecular complexity index is 1080. The summed E-state index contributed by atoms with van der Waals surface area (Å²) in [4.78, 5) is 23.2. The maximum Gasteiger partial charge on any atom is 0.325 e. The maximum absolute atomic E-state index is 12.6. The number of hydrogen-bond donors (Lipinski definition) is 2. The molecule has 1 aromatic heterocycles. The molecular weight excluding hydrogens is 452 g/mol. The van der Waals surface area contributed by atoms with Gasteiger partial charge in [0.25, 0.3) is 5.88 Å². The van der Waals surface area contributed by atoms with Gasteiger partial charge in [0.05, 0.1) is 31.7 Å². The summed E-state index contributed by atoms with van der Waals surface area (Å²) in [6.07, 6.45) is 6.78. The minimum absolute atomic E-state index is 0.0322. The summed E-state index contributed by atoms with van der Waals surface area (Å²) in [6.45, 7) is 5.61. The van der Waals surface area contributed by atoms with Gasteiger partial charge < -0.3 is 24.3 Å². The zero-order chi connectivity index (χ0) is 24.3. The molecule has 3 heterocycles. The van der Waals surface area contributed by atoms with Crippen LogP contribution in [0.4, 0.5) is 16.3 Å². The molecule has 0 radical (unpaired) electrons. The average Bonchev–Trinajstić information content (AvgIpc) is 2.87. The van der Waals surface area contributed by atoms with E-state index in [0.29, 0.717) is 23.8 Å². The smallest absolute Gasteiger partial charge is 0.325 e. The number of carbonyl (C=O) groups is 1. The molecule has 0 atom stereocenters. The summed E-state index contributed by atoms with van der Waals surface area (Å²) in [5.74, 6) is 1.31. The lowest BCUT2D eigenvalue weighted by atomic mass is 10.2. The van der Waals surface area contributed by atoms with Gasteiger partial charge in [0.2, 0.25) is 5.69 Å². The number of morpholine rings is 1. The predicted molar refractivity (Wildman–Crippen MR) is 128 cm³/mol. The van der Waals surface area contributed by atoms with Crippen molar-refractivity contribution in [1.82, 2.24) is 14.9 Å². The molecule has 1 aromatic carbocycles. The van der Waals surface area contributed by atoms with Gasteiger partial charge in [-0.3, -0.25) is 10.2 Å². The van der Waals surface area contributed by atoms with E-state index in [9.17, 15) is 10.1 Å². The van der Waals surface area contributed by atoms with Gasteiger partial charge in [0.1, 0.15) is 30.8 Å². The Hall–Kier alpha value is -3.88. The number of fused-ring (bicyclic) bond motifs is 3. The summed E-state index contributed by atoms with van der Waals surface area (Å²) in [5, 5.41) is 14.5. The molecule has 0 aliphatic carbocycles. The molecule has 0 spiro atoms. The molecule has 0 saturated carbocycles. The first-order chi connectivity index (χ1) is 17.2. The van der Waals surface area contributed by atoms with Gasteiger partial charge in [-0.05, 0) is 43.7 Å². The summed E-state index contributed by atoms with van der Waals surface area (Å²) in [7, 11) is 0. The molecule has 2 amide bonds. The van der Waals surface area contributed by atoms with Crippen molar-refractivity contribution in [3.63, 3.8) is 0 Å². The summed E-state index contributed by atoms with van der Waals surface area (Å²) in [6, 6.07) is 6.67. The first-order valence-electron chi connectivity index (χ1n) is 11.5. The summed E-state index contributed by atoms with van der Waals surface area (Å²) >= 11 is 0. The zero-order valence-electron chi connectivity index (χ0n) is 19.4. The lowest BCUT2D eigenvalue weighted by molar-refractivity contribution is 0.0368. The van der Waals surface area contributed by atoms with Crippen molar-refractivity contribution in [2.24, 2.45) is 0 Å². The molecule has 11 nitrogen and oxygen atoms in total. The number of unbranched alkanes of at least 4 members (excludes halogenated alkanes) is 1. The number of nitrogens with one attached hydrogen (secondary N) is 2. The minimum Gasteiger partial charge on any atom is -0.494 e. The van der Waals surface area contributed by atoms with Crippen LogP contribution in [-0.2, 0) is 4.74 Å². The first-order valence-corrected chi connectivity index (χ1v) is 11.5. The summed E-state index contributed by atoms with van der Waals surface area (Å²) < 4.78 is 22.6. The summed E-state index contributed by atoms with van der Waals surface area (Å²) in [5.41, 5.74) is 0.488. The van der Waals surface area contributed by atoms with Gasteiger partial charge in [0, 0.05) is 19.2 Å². The number of hydrogen-bond acceptors (Lipinski definition) is 9. The molecule has 2 N–H and O–H groups in total. The largest absolute Gasteiger partial charge is 0.494 e. The molecule has 1 fully saturated rings. The number of anilines is 2. The van der Waals surface area contributed by atoms with Crippen LogP contribution in [0.5, 0.6) is 17.4 Å². The topological polar surface area (TPSA) is 131 Å². The van der Waals surface area contributed by atoms with Crippen molar-refractivity contribution < 1.29 is 23.7 Å². The van der Waals surface area contributed by atoms with E-state index in [0.717, 1.165) is 45.7 Å². The van der Waals surface area contributed by atoms with Gasteiger partial charge in [-0.2, -0.15) is 10.2 Å². The normalized spacial score (nSPS) is 17.3. The van der Waals surface area contributed by atoms with E-state index in [1.165, 1.54) is 6.20 Å². The van der Waals surface area contributed by atoms with Crippen molar-refractivity contribution in [3.05, 3.63) is 42.2 Å². The van der Waals surface area contributed by atoms with Crippen LogP contribution in [0.3, 0.4) is 0 Å². The second kappa shape index (κ2) is 12.5. The van der Waals surface area contributed by atoms with Crippen molar-refractivity contribution in [2.45, 2.75) is 12.8 Å². The third-order valence-electron chi connectivity index (χ3n) is 5.35. The Morgan fingerprint density at radius 3 is 2.77 bits per heavy atom. The lowest BCUT2D eigenvalue weighted by Gasteiger charge is -2.26. The Morgan fingerprint density at radius 1 is 1.11 bits per heavy atom. The number of rotatable bonds is 6.